The van der Waals surface area contributed by atoms with Gasteiger partial charge >= 0.3 is 0 Å². The fourth-order valence-corrected chi connectivity index (χ4v) is 3.71. The molecule has 0 aliphatic rings. The molecule has 1 aromatic carbocycles. The number of thioether (sulfide) groups is 1. The summed E-state index contributed by atoms with van der Waals surface area (Å²) in [4.78, 5) is 20.8. The second-order valence-electron chi connectivity index (χ2n) is 5.71. The molecule has 1 atom stereocenters. The van der Waals surface area contributed by atoms with Gasteiger partial charge in [0.25, 0.3) is 5.22 Å². The summed E-state index contributed by atoms with van der Waals surface area (Å²) in [5, 5.41) is 17.1. The van der Waals surface area contributed by atoms with Crippen LogP contribution in [0.1, 0.15) is 12.8 Å². The first-order valence-electron chi connectivity index (χ1n) is 8.30. The van der Waals surface area contributed by atoms with Crippen LogP contribution in [0.15, 0.2) is 58.0 Å². The predicted octanol–water partition coefficient (Wildman–Crippen LogP) is 2.95. The Bertz CT molecular complexity index is 1050. The maximum Gasteiger partial charge on any atom is 0.277 e. The summed E-state index contributed by atoms with van der Waals surface area (Å²) >= 11 is 2.57. The van der Waals surface area contributed by atoms with Crippen molar-refractivity contribution in [2.45, 2.75) is 23.9 Å². The fraction of sp³-hybridized carbons (Fsp3) is 0.176. The molecule has 4 rings (SSSR count). The second kappa shape index (κ2) is 8.31. The third-order valence-corrected chi connectivity index (χ3v) is 5.35. The van der Waals surface area contributed by atoms with Crippen molar-refractivity contribution in [3.05, 3.63) is 54.3 Å². The Balaban J connectivity index is 1.34. The van der Waals surface area contributed by atoms with Crippen LogP contribution in [0.25, 0.3) is 11.3 Å². The van der Waals surface area contributed by atoms with E-state index in [1.165, 1.54) is 29.4 Å². The minimum atomic E-state index is -0.427. The zero-order chi connectivity index (χ0) is 19.3. The first-order chi connectivity index (χ1) is 13.7. The maximum absolute atomic E-state index is 12.4. The molecule has 28 heavy (non-hydrogen) atoms. The minimum Gasteiger partial charge on any atom is -0.414 e. The Morgan fingerprint density at radius 1 is 1.32 bits per heavy atom. The SMILES string of the molecule is CC(Sc1nnc(Cn2cncn2)o1)C(=O)Nc1nc(-c2ccccc2)cs1. The summed E-state index contributed by atoms with van der Waals surface area (Å²) in [5.74, 6) is 0.211. The van der Waals surface area contributed by atoms with Gasteiger partial charge in [-0.05, 0) is 6.92 Å². The molecule has 1 N–H and O–H groups in total. The lowest BCUT2D eigenvalue weighted by Crippen LogP contribution is -2.22. The molecule has 3 aromatic heterocycles. The third kappa shape index (κ3) is 4.43. The number of hydrogen-bond acceptors (Lipinski definition) is 9. The lowest BCUT2D eigenvalue weighted by molar-refractivity contribution is -0.115. The Hall–Kier alpha value is -3.05. The van der Waals surface area contributed by atoms with Gasteiger partial charge in [0.2, 0.25) is 11.8 Å². The summed E-state index contributed by atoms with van der Waals surface area (Å²) in [6.07, 6.45) is 2.99. The number of nitrogens with one attached hydrogen (secondary N) is 1. The topological polar surface area (TPSA) is 112 Å². The van der Waals surface area contributed by atoms with E-state index in [0.717, 1.165) is 11.3 Å². The molecule has 142 valence electrons. The summed E-state index contributed by atoms with van der Waals surface area (Å²) in [6, 6.07) is 9.81. The van der Waals surface area contributed by atoms with Crippen LogP contribution in [0.4, 0.5) is 5.13 Å². The van der Waals surface area contributed by atoms with Crippen molar-refractivity contribution in [1.82, 2.24) is 29.9 Å². The highest BCUT2D eigenvalue weighted by molar-refractivity contribution is 8.00. The molecule has 9 nitrogen and oxygen atoms in total. The van der Waals surface area contributed by atoms with E-state index in [1.807, 2.05) is 35.7 Å². The van der Waals surface area contributed by atoms with E-state index in [4.69, 9.17) is 4.42 Å². The summed E-state index contributed by atoms with van der Waals surface area (Å²) in [5.41, 5.74) is 1.84. The molecule has 0 aliphatic heterocycles. The van der Waals surface area contributed by atoms with Crippen LogP contribution in [0.2, 0.25) is 0 Å². The van der Waals surface area contributed by atoms with Gasteiger partial charge in [0.1, 0.15) is 19.2 Å². The molecular weight excluding hydrogens is 398 g/mol. The Labute approximate surface area is 168 Å². The maximum atomic E-state index is 12.4. The summed E-state index contributed by atoms with van der Waals surface area (Å²) < 4.78 is 7.12. The van der Waals surface area contributed by atoms with E-state index in [9.17, 15) is 4.79 Å². The van der Waals surface area contributed by atoms with Crippen LogP contribution in [0.3, 0.4) is 0 Å². The number of nitrogens with zero attached hydrogens (tertiary/aromatic N) is 6. The fourth-order valence-electron chi connectivity index (χ4n) is 2.29. The van der Waals surface area contributed by atoms with Crippen molar-refractivity contribution >= 4 is 34.1 Å². The van der Waals surface area contributed by atoms with Gasteiger partial charge in [-0.15, -0.1) is 21.5 Å². The standard InChI is InChI=1S/C17H15N7O2S2/c1-11(28-17-23-22-14(26-17)7-24-10-18-9-19-24)15(25)21-16-20-13(8-27-16)12-5-3-2-4-6-12/h2-6,8-11H,7H2,1H3,(H,20,21,25). The predicted molar refractivity (Wildman–Crippen MR) is 105 cm³/mol. The highest BCUT2D eigenvalue weighted by Gasteiger charge is 2.20. The molecule has 4 aromatic rings. The van der Waals surface area contributed by atoms with Gasteiger partial charge in [0.05, 0.1) is 10.9 Å². The van der Waals surface area contributed by atoms with Crippen LogP contribution in [-0.4, -0.2) is 41.1 Å². The number of thiazole rings is 1. The molecule has 1 amide bonds. The molecule has 0 bridgehead atoms. The monoisotopic (exact) mass is 413 g/mol. The van der Waals surface area contributed by atoms with E-state index in [0.29, 0.717) is 22.8 Å². The van der Waals surface area contributed by atoms with E-state index in [1.54, 1.807) is 17.9 Å². The Morgan fingerprint density at radius 3 is 2.96 bits per heavy atom. The van der Waals surface area contributed by atoms with Gasteiger partial charge in [-0.3, -0.25) is 4.79 Å². The zero-order valence-electron chi connectivity index (χ0n) is 14.7. The van der Waals surface area contributed by atoms with Crippen molar-refractivity contribution in [3.63, 3.8) is 0 Å². The number of hydrogen-bond donors (Lipinski definition) is 1. The normalized spacial score (nSPS) is 12.0. The van der Waals surface area contributed by atoms with Crippen molar-refractivity contribution in [2.75, 3.05) is 5.32 Å². The smallest absolute Gasteiger partial charge is 0.277 e. The zero-order valence-corrected chi connectivity index (χ0v) is 16.4. The highest BCUT2D eigenvalue weighted by atomic mass is 32.2. The number of amides is 1. The first-order valence-corrected chi connectivity index (χ1v) is 10.1. The quantitative estimate of drug-likeness (QED) is 0.460. The van der Waals surface area contributed by atoms with Crippen LogP contribution in [-0.2, 0) is 11.3 Å². The first kappa shape index (κ1) is 18.3. The molecular formula is C17H15N7O2S2. The third-order valence-electron chi connectivity index (χ3n) is 3.66. The lowest BCUT2D eigenvalue weighted by Gasteiger charge is -2.07. The van der Waals surface area contributed by atoms with E-state index in [-0.39, 0.29) is 5.91 Å². The molecule has 3 heterocycles. The highest BCUT2D eigenvalue weighted by Crippen LogP contribution is 2.27. The second-order valence-corrected chi connectivity index (χ2v) is 7.86. The van der Waals surface area contributed by atoms with Gasteiger partial charge in [-0.25, -0.2) is 14.6 Å². The number of carbonyl (C=O) groups excluding carboxylic acids is 1. The van der Waals surface area contributed by atoms with Crippen molar-refractivity contribution in [3.8, 4) is 11.3 Å². The van der Waals surface area contributed by atoms with Gasteiger partial charge in [-0.1, -0.05) is 42.1 Å². The van der Waals surface area contributed by atoms with Crippen LogP contribution < -0.4 is 5.32 Å². The number of rotatable bonds is 7. The molecule has 0 saturated heterocycles. The molecule has 0 radical (unpaired) electrons. The Kier molecular flexibility index (Phi) is 5.44. The van der Waals surface area contributed by atoms with Crippen LogP contribution >= 0.6 is 23.1 Å². The van der Waals surface area contributed by atoms with Crippen molar-refractivity contribution < 1.29 is 9.21 Å². The molecule has 0 aliphatic carbocycles. The van der Waals surface area contributed by atoms with Crippen molar-refractivity contribution in [1.29, 1.82) is 0 Å². The minimum absolute atomic E-state index is 0.185. The van der Waals surface area contributed by atoms with E-state index < -0.39 is 5.25 Å². The van der Waals surface area contributed by atoms with Gasteiger partial charge in [0.15, 0.2) is 5.13 Å². The summed E-state index contributed by atoms with van der Waals surface area (Å²) in [7, 11) is 0. The Morgan fingerprint density at radius 2 is 2.18 bits per heavy atom. The molecule has 0 spiro atoms. The molecule has 1 unspecified atom stereocenters. The van der Waals surface area contributed by atoms with E-state index in [2.05, 4.69) is 30.6 Å². The van der Waals surface area contributed by atoms with Crippen LogP contribution in [0, 0.1) is 0 Å². The molecule has 11 heteroatoms. The average Bonchev–Trinajstić information content (AvgIpc) is 3.46. The van der Waals surface area contributed by atoms with Crippen molar-refractivity contribution in [2.24, 2.45) is 0 Å². The number of anilines is 1. The van der Waals surface area contributed by atoms with Gasteiger partial charge in [0, 0.05) is 10.9 Å². The van der Waals surface area contributed by atoms with E-state index >= 15 is 0 Å². The average molecular weight is 413 g/mol. The number of aromatic nitrogens is 6. The van der Waals surface area contributed by atoms with Crippen LogP contribution in [0.5, 0.6) is 0 Å². The lowest BCUT2D eigenvalue weighted by atomic mass is 10.2. The molecule has 0 saturated carbocycles. The van der Waals surface area contributed by atoms with Gasteiger partial charge in [-0.2, -0.15) is 5.10 Å². The largest absolute Gasteiger partial charge is 0.414 e. The molecule has 0 fully saturated rings. The van der Waals surface area contributed by atoms with Gasteiger partial charge < -0.3 is 9.73 Å². The number of benzene rings is 1. The summed E-state index contributed by atoms with van der Waals surface area (Å²) in [6.45, 7) is 2.10. The number of carbonyl (C=O) groups is 1.